The van der Waals surface area contributed by atoms with Gasteiger partial charge in [-0.15, -0.1) is 0 Å². The van der Waals surface area contributed by atoms with Crippen LogP contribution in [0.5, 0.6) is 11.5 Å². The first-order valence-corrected chi connectivity index (χ1v) is 8.78. The summed E-state index contributed by atoms with van der Waals surface area (Å²) in [5.41, 5.74) is 0. The number of sulfonamides is 1. The summed E-state index contributed by atoms with van der Waals surface area (Å²) in [6.45, 7) is 4.57. The predicted octanol–water partition coefficient (Wildman–Crippen LogP) is 3.80. The molecule has 0 unspecified atom stereocenters. The largest absolute Gasteiger partial charge is 0.457 e. The van der Waals surface area contributed by atoms with Crippen LogP contribution < -0.4 is 9.46 Å². The van der Waals surface area contributed by atoms with Gasteiger partial charge in [0.1, 0.15) is 11.5 Å². The molecule has 22 heavy (non-hydrogen) atoms. The maximum atomic E-state index is 12.1. The van der Waals surface area contributed by atoms with Crippen LogP contribution in [-0.2, 0) is 10.0 Å². The lowest BCUT2D eigenvalue weighted by Gasteiger charge is -2.09. The van der Waals surface area contributed by atoms with E-state index in [2.05, 4.69) is 18.6 Å². The molecule has 0 aliphatic rings. The minimum Gasteiger partial charge on any atom is -0.457 e. The third-order valence-corrected chi connectivity index (χ3v) is 4.60. The number of ether oxygens (including phenoxy) is 1. The molecular weight excluding hydrogens is 298 g/mol. The molecule has 4 nitrogen and oxygen atoms in total. The predicted molar refractivity (Wildman–Crippen MR) is 87.6 cm³/mol. The van der Waals surface area contributed by atoms with Crippen molar-refractivity contribution in [2.75, 3.05) is 6.54 Å². The third-order valence-electron chi connectivity index (χ3n) is 3.13. The summed E-state index contributed by atoms with van der Waals surface area (Å²) in [7, 11) is -3.45. The molecule has 0 atom stereocenters. The van der Waals surface area contributed by atoms with Gasteiger partial charge in [0.15, 0.2) is 0 Å². The molecule has 118 valence electrons. The Morgan fingerprint density at radius 2 is 1.55 bits per heavy atom. The van der Waals surface area contributed by atoms with Crippen molar-refractivity contribution in [3.05, 3.63) is 54.6 Å². The van der Waals surface area contributed by atoms with E-state index < -0.39 is 10.0 Å². The Bertz CT molecular complexity index is 680. The fourth-order valence-electron chi connectivity index (χ4n) is 1.88. The highest BCUT2D eigenvalue weighted by Gasteiger charge is 2.13. The van der Waals surface area contributed by atoms with E-state index in [9.17, 15) is 8.42 Å². The topological polar surface area (TPSA) is 55.4 Å². The van der Waals surface area contributed by atoms with E-state index >= 15 is 0 Å². The molecule has 5 heteroatoms. The lowest BCUT2D eigenvalue weighted by molar-refractivity contribution is 0.482. The van der Waals surface area contributed by atoms with Crippen LogP contribution >= 0.6 is 0 Å². The van der Waals surface area contributed by atoms with Gasteiger partial charge in [-0.1, -0.05) is 32.0 Å². The zero-order chi connectivity index (χ0) is 16.0. The van der Waals surface area contributed by atoms with Crippen LogP contribution in [0.3, 0.4) is 0 Å². The Morgan fingerprint density at radius 1 is 0.955 bits per heavy atom. The SMILES string of the molecule is CC(C)CCNS(=O)(=O)c1ccc(Oc2ccccc2)cc1. The second-order valence-electron chi connectivity index (χ2n) is 5.47. The lowest BCUT2D eigenvalue weighted by atomic mass is 10.1. The van der Waals surface area contributed by atoms with Crippen LogP contribution in [0.15, 0.2) is 59.5 Å². The average molecular weight is 319 g/mol. The molecule has 0 fully saturated rings. The van der Waals surface area contributed by atoms with E-state index in [4.69, 9.17) is 4.74 Å². The summed E-state index contributed by atoms with van der Waals surface area (Å²) in [6.07, 6.45) is 0.814. The van der Waals surface area contributed by atoms with Crippen LogP contribution in [-0.4, -0.2) is 15.0 Å². The average Bonchev–Trinajstić information content (AvgIpc) is 2.48. The molecule has 0 radical (unpaired) electrons. The molecule has 0 saturated heterocycles. The summed E-state index contributed by atoms with van der Waals surface area (Å²) in [4.78, 5) is 0.247. The number of hydrogen-bond acceptors (Lipinski definition) is 3. The van der Waals surface area contributed by atoms with Crippen LogP contribution in [0.1, 0.15) is 20.3 Å². The number of hydrogen-bond donors (Lipinski definition) is 1. The molecular formula is C17H21NO3S. The first kappa shape index (κ1) is 16.5. The Hall–Kier alpha value is -1.85. The first-order chi connectivity index (χ1) is 10.5. The van der Waals surface area contributed by atoms with Crippen molar-refractivity contribution >= 4 is 10.0 Å². The second kappa shape index (κ2) is 7.42. The van der Waals surface area contributed by atoms with Gasteiger partial charge >= 0.3 is 0 Å². The van der Waals surface area contributed by atoms with Crippen molar-refractivity contribution in [2.24, 2.45) is 5.92 Å². The minimum absolute atomic E-state index is 0.247. The van der Waals surface area contributed by atoms with Crippen LogP contribution in [0.4, 0.5) is 0 Å². The van der Waals surface area contributed by atoms with Crippen molar-refractivity contribution in [2.45, 2.75) is 25.2 Å². The Labute approximate surface area is 132 Å². The molecule has 0 amide bonds. The van der Waals surface area contributed by atoms with Crippen molar-refractivity contribution < 1.29 is 13.2 Å². The maximum Gasteiger partial charge on any atom is 0.240 e. The van der Waals surface area contributed by atoms with E-state index in [1.165, 1.54) is 0 Å². The molecule has 0 spiro atoms. The van der Waals surface area contributed by atoms with E-state index in [1.54, 1.807) is 24.3 Å². The number of rotatable bonds is 7. The quantitative estimate of drug-likeness (QED) is 0.844. The van der Waals surface area contributed by atoms with Crippen molar-refractivity contribution in [3.8, 4) is 11.5 Å². The van der Waals surface area contributed by atoms with Gasteiger partial charge in [0.2, 0.25) is 10.0 Å². The summed E-state index contributed by atoms with van der Waals surface area (Å²) in [5, 5.41) is 0. The monoisotopic (exact) mass is 319 g/mol. The molecule has 2 rings (SSSR count). The normalized spacial score (nSPS) is 11.6. The zero-order valence-corrected chi connectivity index (χ0v) is 13.6. The molecule has 0 aromatic heterocycles. The Morgan fingerprint density at radius 3 is 2.14 bits per heavy atom. The summed E-state index contributed by atoms with van der Waals surface area (Å²) in [6, 6.07) is 15.8. The van der Waals surface area contributed by atoms with Gasteiger partial charge < -0.3 is 4.74 Å². The molecule has 2 aromatic carbocycles. The summed E-state index contributed by atoms with van der Waals surface area (Å²) in [5.74, 6) is 1.78. The second-order valence-corrected chi connectivity index (χ2v) is 7.23. The van der Waals surface area contributed by atoms with Gasteiger partial charge in [-0.05, 0) is 48.7 Å². The van der Waals surface area contributed by atoms with E-state index in [1.807, 2.05) is 30.3 Å². The summed E-state index contributed by atoms with van der Waals surface area (Å²) < 4.78 is 32.5. The molecule has 0 heterocycles. The number of benzene rings is 2. The van der Waals surface area contributed by atoms with Crippen molar-refractivity contribution in [3.63, 3.8) is 0 Å². The highest BCUT2D eigenvalue weighted by molar-refractivity contribution is 7.89. The molecule has 0 saturated carbocycles. The molecule has 0 bridgehead atoms. The zero-order valence-electron chi connectivity index (χ0n) is 12.8. The Balaban J connectivity index is 2.02. The third kappa shape index (κ3) is 4.86. The van der Waals surface area contributed by atoms with E-state index in [0.717, 1.165) is 6.42 Å². The maximum absolute atomic E-state index is 12.1. The number of nitrogens with one attached hydrogen (secondary N) is 1. The van der Waals surface area contributed by atoms with Gasteiger partial charge in [-0.2, -0.15) is 0 Å². The summed E-state index contributed by atoms with van der Waals surface area (Å²) >= 11 is 0. The number of para-hydroxylation sites is 1. The molecule has 0 aliphatic heterocycles. The van der Waals surface area contributed by atoms with Crippen LogP contribution in [0.2, 0.25) is 0 Å². The minimum atomic E-state index is -3.45. The van der Waals surface area contributed by atoms with Gasteiger partial charge in [-0.25, -0.2) is 13.1 Å². The highest BCUT2D eigenvalue weighted by atomic mass is 32.2. The van der Waals surface area contributed by atoms with Gasteiger partial charge in [0.25, 0.3) is 0 Å². The van der Waals surface area contributed by atoms with Crippen LogP contribution in [0.25, 0.3) is 0 Å². The van der Waals surface area contributed by atoms with Crippen molar-refractivity contribution in [1.29, 1.82) is 0 Å². The smallest absolute Gasteiger partial charge is 0.240 e. The molecule has 2 aromatic rings. The lowest BCUT2D eigenvalue weighted by Crippen LogP contribution is -2.25. The van der Waals surface area contributed by atoms with E-state index in [-0.39, 0.29) is 4.90 Å². The Kier molecular flexibility index (Phi) is 5.57. The molecule has 0 aliphatic carbocycles. The van der Waals surface area contributed by atoms with E-state index in [0.29, 0.717) is 24.0 Å². The fraction of sp³-hybridized carbons (Fsp3) is 0.294. The fourth-order valence-corrected chi connectivity index (χ4v) is 2.92. The van der Waals surface area contributed by atoms with Gasteiger partial charge in [-0.3, -0.25) is 0 Å². The first-order valence-electron chi connectivity index (χ1n) is 7.30. The van der Waals surface area contributed by atoms with Gasteiger partial charge in [0.05, 0.1) is 4.90 Å². The standard InChI is InChI=1S/C17H21NO3S/c1-14(2)12-13-18-22(19,20)17-10-8-16(9-11-17)21-15-6-4-3-5-7-15/h3-11,14,18H,12-13H2,1-2H3. The van der Waals surface area contributed by atoms with Gasteiger partial charge in [0, 0.05) is 6.54 Å². The van der Waals surface area contributed by atoms with Crippen molar-refractivity contribution in [1.82, 2.24) is 4.72 Å². The van der Waals surface area contributed by atoms with Crippen LogP contribution in [0, 0.1) is 5.92 Å². The highest BCUT2D eigenvalue weighted by Crippen LogP contribution is 2.22. The molecule has 1 N–H and O–H groups in total.